The maximum absolute atomic E-state index is 11.8. The van der Waals surface area contributed by atoms with E-state index < -0.39 is 5.60 Å². The fourth-order valence-electron chi connectivity index (χ4n) is 1.91. The van der Waals surface area contributed by atoms with Gasteiger partial charge in [-0.25, -0.2) is 0 Å². The van der Waals surface area contributed by atoms with Gasteiger partial charge in [0.15, 0.2) is 5.96 Å². The molecule has 2 N–H and O–H groups in total. The highest BCUT2D eigenvalue weighted by atomic mass is 16.6. The molecular formula is C18H29N3O4. The number of guanidine groups is 1. The van der Waals surface area contributed by atoms with E-state index in [4.69, 9.17) is 14.2 Å². The first kappa shape index (κ1) is 20.8. The molecule has 0 unspecified atom stereocenters. The Balaban J connectivity index is 2.50. The Bertz CT molecular complexity index is 568. The average Bonchev–Trinajstić information content (AvgIpc) is 2.54. The maximum atomic E-state index is 11.8. The third-order valence-corrected chi connectivity index (χ3v) is 2.90. The second-order valence-corrected chi connectivity index (χ2v) is 6.36. The lowest BCUT2D eigenvalue weighted by atomic mass is 10.2. The van der Waals surface area contributed by atoms with Gasteiger partial charge >= 0.3 is 5.97 Å². The van der Waals surface area contributed by atoms with Crippen molar-refractivity contribution in [2.24, 2.45) is 4.99 Å². The van der Waals surface area contributed by atoms with Crippen LogP contribution in [0.3, 0.4) is 0 Å². The molecule has 0 radical (unpaired) electrons. The summed E-state index contributed by atoms with van der Waals surface area (Å²) in [5.41, 5.74) is 0.297. The number of nitrogens with one attached hydrogen (secondary N) is 2. The molecule has 0 aliphatic carbocycles. The summed E-state index contributed by atoms with van der Waals surface area (Å²) in [5.74, 6) is 0.886. The van der Waals surface area contributed by atoms with Gasteiger partial charge in [0.1, 0.15) is 17.9 Å². The highest BCUT2D eigenvalue weighted by molar-refractivity contribution is 5.95. The number of benzene rings is 1. The smallest absolute Gasteiger partial charge is 0.325 e. The molecule has 7 nitrogen and oxygen atoms in total. The van der Waals surface area contributed by atoms with Crippen LogP contribution in [0.25, 0.3) is 0 Å². The zero-order chi connectivity index (χ0) is 18.7. The van der Waals surface area contributed by atoms with Crippen molar-refractivity contribution >= 4 is 17.6 Å². The largest absolute Gasteiger partial charge is 0.493 e. The van der Waals surface area contributed by atoms with Crippen molar-refractivity contribution in [3.63, 3.8) is 0 Å². The van der Waals surface area contributed by atoms with Gasteiger partial charge in [0, 0.05) is 38.9 Å². The first-order valence-electron chi connectivity index (χ1n) is 8.25. The number of rotatable bonds is 8. The number of ether oxygens (including phenoxy) is 3. The molecule has 1 rings (SSSR count). The minimum atomic E-state index is -0.510. The van der Waals surface area contributed by atoms with Crippen molar-refractivity contribution in [3.8, 4) is 5.75 Å². The second kappa shape index (κ2) is 10.6. The fraction of sp³-hybridized carbons (Fsp3) is 0.556. The topological polar surface area (TPSA) is 81.2 Å². The number of aliphatic imine (C=N–C) groups is 1. The number of hydrogen-bond donors (Lipinski definition) is 2. The number of carbonyl (C=O) groups is 1. The molecule has 140 valence electrons. The second-order valence-electron chi connectivity index (χ2n) is 6.36. The Hall–Kier alpha value is -2.28. The Morgan fingerprint density at radius 3 is 2.64 bits per heavy atom. The minimum Gasteiger partial charge on any atom is -0.493 e. The van der Waals surface area contributed by atoms with Crippen LogP contribution in [0.1, 0.15) is 27.2 Å². The van der Waals surface area contributed by atoms with Gasteiger partial charge in [-0.3, -0.25) is 9.79 Å². The van der Waals surface area contributed by atoms with E-state index in [1.165, 1.54) is 0 Å². The van der Waals surface area contributed by atoms with Crippen molar-refractivity contribution in [2.45, 2.75) is 32.8 Å². The van der Waals surface area contributed by atoms with Gasteiger partial charge in [0.2, 0.25) is 0 Å². The molecule has 0 aliphatic rings. The SMILES string of the molecule is CN=C(NCC(=O)OC(C)(C)C)Nc1cccc(OCCCOC)c1. The molecule has 25 heavy (non-hydrogen) atoms. The molecule has 0 saturated carbocycles. The first-order valence-corrected chi connectivity index (χ1v) is 8.25. The summed E-state index contributed by atoms with van der Waals surface area (Å²) in [4.78, 5) is 15.9. The number of carbonyl (C=O) groups excluding carboxylic acids is 1. The molecule has 0 amide bonds. The van der Waals surface area contributed by atoms with Crippen LogP contribution in [-0.4, -0.2) is 51.4 Å². The Kier molecular flexibility index (Phi) is 8.77. The summed E-state index contributed by atoms with van der Waals surface area (Å²) in [6.45, 7) is 6.77. The van der Waals surface area contributed by atoms with Gasteiger partial charge in [-0.05, 0) is 32.9 Å². The van der Waals surface area contributed by atoms with Crippen LogP contribution in [0.2, 0.25) is 0 Å². The molecule has 7 heteroatoms. The van der Waals surface area contributed by atoms with Crippen molar-refractivity contribution in [3.05, 3.63) is 24.3 Å². The predicted octanol–water partition coefficient (Wildman–Crippen LogP) is 2.43. The van der Waals surface area contributed by atoms with E-state index in [-0.39, 0.29) is 12.5 Å². The average molecular weight is 351 g/mol. The normalized spacial score (nSPS) is 11.8. The van der Waals surface area contributed by atoms with Crippen molar-refractivity contribution in [2.75, 3.05) is 39.2 Å². The maximum Gasteiger partial charge on any atom is 0.325 e. The zero-order valence-corrected chi connectivity index (χ0v) is 15.7. The summed E-state index contributed by atoms with van der Waals surface area (Å²) in [6, 6.07) is 7.53. The molecule has 1 aromatic carbocycles. The monoisotopic (exact) mass is 351 g/mol. The van der Waals surface area contributed by atoms with Crippen LogP contribution >= 0.6 is 0 Å². The number of nitrogens with zero attached hydrogens (tertiary/aromatic N) is 1. The molecular weight excluding hydrogens is 322 g/mol. The number of hydrogen-bond acceptors (Lipinski definition) is 5. The number of anilines is 1. The standard InChI is InChI=1S/C18H29N3O4/c1-18(2,3)25-16(22)13-20-17(19-4)21-14-8-6-9-15(12-14)24-11-7-10-23-5/h6,8-9,12H,7,10-11,13H2,1-5H3,(H2,19,20,21). The van der Waals surface area contributed by atoms with Crippen molar-refractivity contribution in [1.29, 1.82) is 0 Å². The minimum absolute atomic E-state index is 0.0319. The predicted molar refractivity (Wildman–Crippen MR) is 99.3 cm³/mol. The molecule has 0 atom stereocenters. The van der Waals surface area contributed by atoms with Crippen molar-refractivity contribution < 1.29 is 19.0 Å². The van der Waals surface area contributed by atoms with Crippen LogP contribution in [0.5, 0.6) is 5.75 Å². The lowest BCUT2D eigenvalue weighted by Crippen LogP contribution is -2.37. The Morgan fingerprint density at radius 2 is 2.00 bits per heavy atom. The lowest BCUT2D eigenvalue weighted by Gasteiger charge is -2.20. The zero-order valence-electron chi connectivity index (χ0n) is 15.7. The van der Waals surface area contributed by atoms with Crippen LogP contribution in [-0.2, 0) is 14.3 Å². The lowest BCUT2D eigenvalue weighted by molar-refractivity contribution is -0.153. The number of methoxy groups -OCH3 is 1. The number of esters is 1. The van der Waals surface area contributed by atoms with Crippen molar-refractivity contribution in [1.82, 2.24) is 5.32 Å². The van der Waals surface area contributed by atoms with Crippen LogP contribution in [0.15, 0.2) is 29.3 Å². The molecule has 1 aromatic rings. The molecule has 0 bridgehead atoms. The van der Waals surface area contributed by atoms with Gasteiger partial charge in [-0.15, -0.1) is 0 Å². The van der Waals surface area contributed by atoms with Crippen LogP contribution < -0.4 is 15.4 Å². The molecule has 0 spiro atoms. The molecule has 0 heterocycles. The van der Waals surface area contributed by atoms with Crippen LogP contribution in [0, 0.1) is 0 Å². The van der Waals surface area contributed by atoms with E-state index in [0.29, 0.717) is 19.2 Å². The van der Waals surface area contributed by atoms with Gasteiger partial charge in [-0.2, -0.15) is 0 Å². The third-order valence-electron chi connectivity index (χ3n) is 2.90. The first-order chi connectivity index (χ1) is 11.8. The fourth-order valence-corrected chi connectivity index (χ4v) is 1.91. The van der Waals surface area contributed by atoms with E-state index in [1.54, 1.807) is 14.2 Å². The van der Waals surface area contributed by atoms with Gasteiger partial charge in [0.25, 0.3) is 0 Å². The van der Waals surface area contributed by atoms with Gasteiger partial charge in [-0.1, -0.05) is 6.07 Å². The quantitative estimate of drug-likeness (QED) is 0.324. The summed E-state index contributed by atoms with van der Waals surface area (Å²) >= 11 is 0. The van der Waals surface area contributed by atoms with E-state index in [0.717, 1.165) is 17.9 Å². The molecule has 0 aromatic heterocycles. The summed E-state index contributed by atoms with van der Waals surface area (Å²) in [5, 5.41) is 6.04. The van der Waals surface area contributed by atoms with E-state index in [2.05, 4.69) is 15.6 Å². The Labute approximate surface area is 149 Å². The molecule has 0 fully saturated rings. The summed E-state index contributed by atoms with van der Waals surface area (Å²) in [6.07, 6.45) is 0.827. The highest BCUT2D eigenvalue weighted by Crippen LogP contribution is 2.17. The molecule has 0 aliphatic heterocycles. The summed E-state index contributed by atoms with van der Waals surface area (Å²) < 4.78 is 15.9. The third kappa shape index (κ3) is 9.56. The van der Waals surface area contributed by atoms with Gasteiger partial charge < -0.3 is 24.8 Å². The van der Waals surface area contributed by atoms with E-state index in [9.17, 15) is 4.79 Å². The van der Waals surface area contributed by atoms with Gasteiger partial charge in [0.05, 0.1) is 6.61 Å². The van der Waals surface area contributed by atoms with E-state index in [1.807, 2.05) is 45.0 Å². The van der Waals surface area contributed by atoms with E-state index >= 15 is 0 Å². The Morgan fingerprint density at radius 1 is 1.24 bits per heavy atom. The summed E-state index contributed by atoms with van der Waals surface area (Å²) in [7, 11) is 3.30. The highest BCUT2D eigenvalue weighted by Gasteiger charge is 2.16. The molecule has 0 saturated heterocycles. The van der Waals surface area contributed by atoms with Crippen LogP contribution in [0.4, 0.5) is 5.69 Å².